The van der Waals surface area contributed by atoms with Gasteiger partial charge < -0.3 is 24.9 Å². The van der Waals surface area contributed by atoms with Crippen molar-refractivity contribution >= 4 is 39.2 Å². The minimum absolute atomic E-state index is 0. The molecule has 0 fully saturated rings. The maximum atomic E-state index is 9.58. The molecule has 0 amide bonds. The Kier molecular flexibility index (Phi) is 6.99. The molecular weight excluding hydrogens is 335 g/mol. The summed E-state index contributed by atoms with van der Waals surface area (Å²) >= 11 is 0. The summed E-state index contributed by atoms with van der Waals surface area (Å²) in [7, 11) is 0. The predicted octanol–water partition coefficient (Wildman–Crippen LogP) is -4.14. The van der Waals surface area contributed by atoms with Crippen molar-refractivity contribution in [2.24, 2.45) is 0 Å². The minimum atomic E-state index is -1.96. The van der Waals surface area contributed by atoms with Gasteiger partial charge in [-0.15, -0.1) is 0 Å². The molecule has 0 aliphatic carbocycles. The number of rotatable bonds is 3. The number of carboxylic acids is 2. The number of aliphatic hydroxyl groups excluding tert-OH is 1. The predicted molar refractivity (Wildman–Crippen MR) is 26.4 cm³/mol. The van der Waals surface area contributed by atoms with Crippen LogP contribution in [0.25, 0.3) is 0 Å². The van der Waals surface area contributed by atoms with Crippen LogP contribution < -0.4 is 10.2 Å². The Morgan fingerprint density at radius 3 is 1.90 bits per heavy atom. The minimum Gasteiger partial charge on any atom is -0.550 e. The van der Waals surface area contributed by atoms with Crippen LogP contribution in [0, 0.1) is 0 Å². The van der Waals surface area contributed by atoms with Gasteiger partial charge in [0.15, 0.2) is 0 Å². The number of carbonyl (C=O) groups excluding carboxylic acids is 2. The number of carboxylic acid groups (broad SMARTS) is 2. The van der Waals surface area contributed by atoms with Gasteiger partial charge in [0.1, 0.15) is 0 Å². The molecule has 0 aromatic carbocycles. The van der Waals surface area contributed by atoms with E-state index in [1.807, 2.05) is 0 Å². The molecule has 0 aromatic heterocycles. The summed E-state index contributed by atoms with van der Waals surface area (Å²) in [4.78, 5) is 19.1. The van der Waals surface area contributed by atoms with Gasteiger partial charge in [-0.2, -0.15) is 0 Å². The van der Waals surface area contributed by atoms with Crippen molar-refractivity contribution in [3.05, 3.63) is 0 Å². The largest absolute Gasteiger partial charge is 2.00 e. The van der Waals surface area contributed by atoms with Crippen LogP contribution in [0.2, 0.25) is 0 Å². The molecule has 10 heavy (non-hydrogen) atoms. The van der Waals surface area contributed by atoms with Gasteiger partial charge in [-0.3, -0.25) is 0 Å². The third-order valence-corrected chi connectivity index (χ3v) is 0.632. The van der Waals surface area contributed by atoms with E-state index in [0.717, 1.165) is 0 Å². The van der Waals surface area contributed by atoms with Gasteiger partial charge in [0, 0.05) is 12.4 Å². The Morgan fingerprint density at radius 2 is 1.80 bits per heavy atom. The average molecular weight is 339 g/mol. The second-order valence-corrected chi connectivity index (χ2v) is 1.41. The van der Waals surface area contributed by atoms with E-state index < -0.39 is 24.5 Å². The maximum absolute atomic E-state index is 9.58. The zero-order valence-electron chi connectivity index (χ0n) is 4.86. The van der Waals surface area contributed by atoms with Gasteiger partial charge in [-0.05, 0) is 0 Å². The van der Waals surface area contributed by atoms with Crippen molar-refractivity contribution in [2.75, 3.05) is 0 Å². The molecule has 1 N–H and O–H groups in total. The van der Waals surface area contributed by atoms with Crippen molar-refractivity contribution in [3.63, 3.8) is 0 Å². The van der Waals surface area contributed by atoms with Crippen LogP contribution in [-0.4, -0.2) is 50.4 Å². The average Bonchev–Trinajstić information content (AvgIpc) is 1.63. The molecule has 0 saturated heterocycles. The van der Waals surface area contributed by atoms with Gasteiger partial charge >= 0.3 is 27.3 Å². The molecule has 1 atom stereocenters. The van der Waals surface area contributed by atoms with Crippen LogP contribution in [0.5, 0.6) is 0 Å². The van der Waals surface area contributed by atoms with E-state index in [0.29, 0.717) is 0 Å². The molecule has 54 valence electrons. The summed E-state index contributed by atoms with van der Waals surface area (Å²) in [6.45, 7) is 0. The van der Waals surface area contributed by atoms with Gasteiger partial charge in [-0.1, -0.05) is 0 Å². The Morgan fingerprint density at radius 1 is 1.40 bits per heavy atom. The number of carbonyl (C=O) groups is 2. The molecule has 5 nitrogen and oxygen atoms in total. The zero-order chi connectivity index (χ0) is 7.44. The molecule has 0 aliphatic heterocycles. The van der Waals surface area contributed by atoms with Crippen LogP contribution in [0.3, 0.4) is 0 Å². The molecule has 0 aliphatic rings. The molecule has 0 saturated carbocycles. The fourth-order valence-corrected chi connectivity index (χ4v) is 0.241. The fourth-order valence-electron chi connectivity index (χ4n) is 0.241. The van der Waals surface area contributed by atoms with Crippen molar-refractivity contribution in [2.45, 2.75) is 12.5 Å². The van der Waals surface area contributed by atoms with E-state index >= 15 is 0 Å². The fraction of sp³-hybridized carbons (Fsp3) is 0.500. The molecular formula is C4H4O5Pb. The first kappa shape index (κ1) is 12.5. The molecule has 0 rings (SSSR count). The standard InChI is InChI=1S/C4H6O5.Pb/c5-2(4(8)9)1-3(6)7;/h2,5H,1H2,(H,6,7)(H,8,9);/q;+2/p-2/t2-;/m0./s1. The first-order valence-electron chi connectivity index (χ1n) is 2.13. The summed E-state index contributed by atoms with van der Waals surface area (Å²) in [6, 6.07) is 0. The van der Waals surface area contributed by atoms with Crippen LogP contribution >= 0.6 is 0 Å². The topological polar surface area (TPSA) is 100 Å². The molecule has 6 heteroatoms. The molecule has 0 aromatic rings. The number of hydrogen-bond donors (Lipinski definition) is 1. The Balaban J connectivity index is 0. The van der Waals surface area contributed by atoms with Crippen LogP contribution in [0.15, 0.2) is 0 Å². The molecule has 0 unspecified atom stereocenters. The summed E-state index contributed by atoms with van der Waals surface area (Å²) in [5.41, 5.74) is 0. The quantitative estimate of drug-likeness (QED) is 0.526. The summed E-state index contributed by atoms with van der Waals surface area (Å²) < 4.78 is 0. The number of aliphatic hydroxyl groups is 1. The van der Waals surface area contributed by atoms with Crippen molar-refractivity contribution in [3.8, 4) is 0 Å². The van der Waals surface area contributed by atoms with Crippen LogP contribution in [-0.2, 0) is 9.59 Å². The van der Waals surface area contributed by atoms with Gasteiger partial charge in [0.2, 0.25) is 0 Å². The Labute approximate surface area is 76.8 Å². The van der Waals surface area contributed by atoms with E-state index in [1.165, 1.54) is 0 Å². The van der Waals surface area contributed by atoms with Crippen molar-refractivity contribution in [1.29, 1.82) is 0 Å². The SMILES string of the molecule is O=C([O-])C[C@H](O)C(=O)[O-].[Pb+2]. The zero-order valence-corrected chi connectivity index (χ0v) is 8.75. The summed E-state index contributed by atoms with van der Waals surface area (Å²) in [5.74, 6) is -3.43. The maximum Gasteiger partial charge on any atom is 2.00 e. The first-order valence-corrected chi connectivity index (χ1v) is 2.13. The Bertz CT molecular complexity index is 134. The molecule has 0 spiro atoms. The van der Waals surface area contributed by atoms with Gasteiger partial charge in [0.05, 0.1) is 12.1 Å². The second kappa shape index (κ2) is 5.60. The molecule has 0 heterocycles. The van der Waals surface area contributed by atoms with E-state index in [4.69, 9.17) is 5.11 Å². The van der Waals surface area contributed by atoms with Crippen LogP contribution in [0.4, 0.5) is 0 Å². The van der Waals surface area contributed by atoms with E-state index in [9.17, 15) is 19.8 Å². The Hall–Kier alpha value is -0.178. The number of aliphatic carboxylic acids is 2. The van der Waals surface area contributed by atoms with Gasteiger partial charge in [0.25, 0.3) is 0 Å². The normalized spacial score (nSPS) is 11.3. The third kappa shape index (κ3) is 5.95. The van der Waals surface area contributed by atoms with E-state index in [2.05, 4.69) is 0 Å². The van der Waals surface area contributed by atoms with Crippen LogP contribution in [0.1, 0.15) is 6.42 Å². The second-order valence-electron chi connectivity index (χ2n) is 1.41. The van der Waals surface area contributed by atoms with Crippen molar-refractivity contribution < 1.29 is 24.9 Å². The third-order valence-electron chi connectivity index (χ3n) is 0.632. The van der Waals surface area contributed by atoms with E-state index in [1.54, 1.807) is 0 Å². The molecule has 0 bridgehead atoms. The van der Waals surface area contributed by atoms with Crippen molar-refractivity contribution in [1.82, 2.24) is 0 Å². The first-order chi connectivity index (χ1) is 4.04. The monoisotopic (exact) mass is 340 g/mol. The van der Waals surface area contributed by atoms with E-state index in [-0.39, 0.29) is 27.3 Å². The smallest absolute Gasteiger partial charge is 0.550 e. The molecule has 2 radical (unpaired) electrons. The summed E-state index contributed by atoms with van der Waals surface area (Å²) in [6.07, 6.45) is -2.89. The number of hydrogen-bond acceptors (Lipinski definition) is 5. The van der Waals surface area contributed by atoms with Gasteiger partial charge in [-0.25, -0.2) is 0 Å². The summed E-state index contributed by atoms with van der Waals surface area (Å²) in [5, 5.41) is 27.3.